The zero-order chi connectivity index (χ0) is 21.9. The van der Waals surface area contributed by atoms with Crippen LogP contribution in [-0.2, 0) is 17.8 Å². The number of aliphatic hydroxyl groups is 1. The molecule has 1 heterocycles. The lowest BCUT2D eigenvalue weighted by atomic mass is 9.89. The molecule has 1 aliphatic rings. The molecule has 1 atom stereocenters. The third-order valence-electron chi connectivity index (χ3n) is 6.00. The van der Waals surface area contributed by atoms with Crippen LogP contribution < -0.4 is 4.74 Å². The van der Waals surface area contributed by atoms with Gasteiger partial charge in [-0.1, -0.05) is 37.3 Å². The molecule has 1 aliphatic carbocycles. The van der Waals surface area contributed by atoms with E-state index in [1.54, 1.807) is 7.11 Å². The van der Waals surface area contributed by atoms with Crippen molar-refractivity contribution in [3.8, 4) is 18.1 Å². The molecule has 5 heteroatoms. The zero-order valence-corrected chi connectivity index (χ0v) is 18.7. The van der Waals surface area contributed by atoms with Gasteiger partial charge in [0, 0.05) is 38.1 Å². The molecule has 2 aromatic rings. The molecule has 1 saturated carbocycles. The van der Waals surface area contributed by atoms with E-state index in [9.17, 15) is 5.11 Å². The van der Waals surface area contributed by atoms with Gasteiger partial charge in [0.2, 0.25) is 0 Å². The van der Waals surface area contributed by atoms with Crippen molar-refractivity contribution in [2.45, 2.75) is 51.3 Å². The second kappa shape index (κ2) is 12.6. The minimum atomic E-state index is -0.543. The number of rotatable bonds is 12. The van der Waals surface area contributed by atoms with Gasteiger partial charge in [-0.3, -0.25) is 4.90 Å². The van der Waals surface area contributed by atoms with E-state index in [1.165, 1.54) is 43.4 Å². The molecule has 0 radical (unpaired) electrons. The molecule has 0 bridgehead atoms. The monoisotopic (exact) mass is 424 g/mol. The van der Waals surface area contributed by atoms with Crippen LogP contribution in [0.2, 0.25) is 0 Å². The van der Waals surface area contributed by atoms with Gasteiger partial charge in [0.15, 0.2) is 0 Å². The first-order valence-electron chi connectivity index (χ1n) is 11.4. The number of hydrogen-bond acceptors (Lipinski definition) is 4. The summed E-state index contributed by atoms with van der Waals surface area (Å²) in [5.74, 6) is 4.04. The van der Waals surface area contributed by atoms with Gasteiger partial charge in [-0.05, 0) is 48.6 Å². The first kappa shape index (κ1) is 23.4. The fraction of sp³-hybridized carbons (Fsp3) is 0.538. The van der Waals surface area contributed by atoms with E-state index >= 15 is 0 Å². The Morgan fingerprint density at radius 3 is 2.84 bits per heavy atom. The zero-order valence-electron chi connectivity index (χ0n) is 18.7. The van der Waals surface area contributed by atoms with Crippen molar-refractivity contribution in [1.82, 2.24) is 9.47 Å². The second-order valence-corrected chi connectivity index (χ2v) is 8.55. The molecule has 0 spiro atoms. The van der Waals surface area contributed by atoms with Crippen molar-refractivity contribution in [1.29, 1.82) is 0 Å². The lowest BCUT2D eigenvalue weighted by Crippen LogP contribution is -2.38. The average Bonchev–Trinajstić information content (AvgIpc) is 3.21. The molecule has 5 nitrogen and oxygen atoms in total. The van der Waals surface area contributed by atoms with Gasteiger partial charge in [-0.25, -0.2) is 0 Å². The first-order valence-corrected chi connectivity index (χ1v) is 11.4. The third kappa shape index (κ3) is 7.74. The normalized spacial score (nSPS) is 15.7. The SMILES string of the molecule is C#CCOC[C@@H](O)CN(Cc1cccn1Cc1cccc(OC)c1)CC1CCCCC1. The second-order valence-electron chi connectivity index (χ2n) is 8.55. The van der Waals surface area contributed by atoms with Crippen LogP contribution in [0.1, 0.15) is 43.4 Å². The first-order chi connectivity index (χ1) is 15.2. The van der Waals surface area contributed by atoms with Crippen molar-refractivity contribution in [2.75, 3.05) is 33.4 Å². The van der Waals surface area contributed by atoms with Gasteiger partial charge in [-0.15, -0.1) is 6.42 Å². The number of terminal acetylenes is 1. The van der Waals surface area contributed by atoms with Crippen LogP contribution in [0.25, 0.3) is 0 Å². The summed E-state index contributed by atoms with van der Waals surface area (Å²) in [6, 6.07) is 12.5. The summed E-state index contributed by atoms with van der Waals surface area (Å²) in [4.78, 5) is 2.39. The standard InChI is InChI=1S/C26H36N2O3/c1-3-15-31-21-25(29)20-27(17-22-9-5-4-6-10-22)19-24-12-8-14-28(24)18-23-11-7-13-26(16-23)30-2/h1,7-8,11-14,16,22,25,29H,4-6,9-10,15,17-21H2,2H3/t25-/m0/s1. The molecular weight excluding hydrogens is 388 g/mol. The van der Waals surface area contributed by atoms with Gasteiger partial charge in [0.05, 0.1) is 19.8 Å². The predicted octanol–water partition coefficient (Wildman–Crippen LogP) is 3.94. The number of hydrogen-bond donors (Lipinski definition) is 1. The van der Waals surface area contributed by atoms with Gasteiger partial charge in [0.25, 0.3) is 0 Å². The Morgan fingerprint density at radius 1 is 1.23 bits per heavy atom. The van der Waals surface area contributed by atoms with E-state index in [2.05, 4.69) is 45.8 Å². The number of nitrogens with zero attached hydrogens (tertiary/aromatic N) is 2. The highest BCUT2D eigenvalue weighted by atomic mass is 16.5. The Hall–Kier alpha value is -2.26. The van der Waals surface area contributed by atoms with Crippen molar-refractivity contribution in [3.05, 3.63) is 53.9 Å². The molecule has 0 aliphatic heterocycles. The number of ether oxygens (including phenoxy) is 2. The molecular formula is C26H36N2O3. The van der Waals surface area contributed by atoms with Crippen LogP contribution in [0.4, 0.5) is 0 Å². The molecule has 1 fully saturated rings. The minimum absolute atomic E-state index is 0.239. The summed E-state index contributed by atoms with van der Waals surface area (Å²) in [6.45, 7) is 3.71. The highest BCUT2D eigenvalue weighted by Crippen LogP contribution is 2.25. The fourth-order valence-corrected chi connectivity index (χ4v) is 4.49. The number of aromatic nitrogens is 1. The summed E-state index contributed by atoms with van der Waals surface area (Å²) >= 11 is 0. The Bertz CT molecular complexity index is 820. The van der Waals surface area contributed by atoms with Crippen LogP contribution in [0.3, 0.4) is 0 Å². The Balaban J connectivity index is 1.66. The van der Waals surface area contributed by atoms with E-state index in [4.69, 9.17) is 15.9 Å². The van der Waals surface area contributed by atoms with E-state index in [0.717, 1.165) is 25.4 Å². The predicted molar refractivity (Wildman–Crippen MR) is 124 cm³/mol. The summed E-state index contributed by atoms with van der Waals surface area (Å²) in [5, 5.41) is 10.5. The van der Waals surface area contributed by atoms with Crippen LogP contribution in [0.15, 0.2) is 42.6 Å². The summed E-state index contributed by atoms with van der Waals surface area (Å²) in [6.07, 6.45) is 13.4. The van der Waals surface area contributed by atoms with Gasteiger partial charge >= 0.3 is 0 Å². The summed E-state index contributed by atoms with van der Waals surface area (Å²) < 4.78 is 13.0. The molecule has 31 heavy (non-hydrogen) atoms. The highest BCUT2D eigenvalue weighted by molar-refractivity contribution is 5.29. The molecule has 1 N–H and O–H groups in total. The van der Waals surface area contributed by atoms with Crippen molar-refractivity contribution >= 4 is 0 Å². The van der Waals surface area contributed by atoms with E-state index < -0.39 is 6.10 Å². The molecule has 168 valence electrons. The van der Waals surface area contributed by atoms with Gasteiger partial charge in [-0.2, -0.15) is 0 Å². The van der Waals surface area contributed by atoms with Crippen molar-refractivity contribution in [3.63, 3.8) is 0 Å². The fourth-order valence-electron chi connectivity index (χ4n) is 4.49. The topological polar surface area (TPSA) is 46.9 Å². The lowest BCUT2D eigenvalue weighted by molar-refractivity contribution is 0.0209. The van der Waals surface area contributed by atoms with E-state index in [1.807, 2.05) is 12.1 Å². The largest absolute Gasteiger partial charge is 0.497 e. The maximum atomic E-state index is 10.5. The van der Waals surface area contributed by atoms with Crippen LogP contribution in [-0.4, -0.2) is 54.1 Å². The number of aliphatic hydroxyl groups excluding tert-OH is 1. The van der Waals surface area contributed by atoms with Crippen LogP contribution in [0, 0.1) is 18.3 Å². The van der Waals surface area contributed by atoms with Crippen molar-refractivity contribution in [2.24, 2.45) is 5.92 Å². The highest BCUT2D eigenvalue weighted by Gasteiger charge is 2.20. The minimum Gasteiger partial charge on any atom is -0.497 e. The summed E-state index contributed by atoms with van der Waals surface area (Å²) in [5.41, 5.74) is 2.45. The Kier molecular flexibility index (Phi) is 9.48. The maximum absolute atomic E-state index is 10.5. The Labute approximate surface area is 187 Å². The van der Waals surface area contributed by atoms with Gasteiger partial charge in [0.1, 0.15) is 12.4 Å². The van der Waals surface area contributed by atoms with Crippen LogP contribution in [0.5, 0.6) is 5.75 Å². The quantitative estimate of drug-likeness (QED) is 0.414. The van der Waals surface area contributed by atoms with E-state index in [-0.39, 0.29) is 13.2 Å². The van der Waals surface area contributed by atoms with Gasteiger partial charge < -0.3 is 19.1 Å². The molecule has 1 aromatic heterocycles. The van der Waals surface area contributed by atoms with Crippen molar-refractivity contribution < 1.29 is 14.6 Å². The smallest absolute Gasteiger partial charge is 0.119 e. The van der Waals surface area contributed by atoms with E-state index in [0.29, 0.717) is 12.5 Å². The molecule has 0 amide bonds. The maximum Gasteiger partial charge on any atom is 0.119 e. The lowest BCUT2D eigenvalue weighted by Gasteiger charge is -2.31. The van der Waals surface area contributed by atoms with Crippen LogP contribution >= 0.6 is 0 Å². The molecule has 0 unspecified atom stereocenters. The number of benzene rings is 1. The number of methoxy groups -OCH3 is 1. The molecule has 3 rings (SSSR count). The Morgan fingerprint density at radius 2 is 2.06 bits per heavy atom. The average molecular weight is 425 g/mol. The molecule has 0 saturated heterocycles. The molecule has 1 aromatic carbocycles. The third-order valence-corrected chi connectivity index (χ3v) is 6.00. The summed E-state index contributed by atoms with van der Waals surface area (Å²) in [7, 11) is 1.70.